The summed E-state index contributed by atoms with van der Waals surface area (Å²) in [5.74, 6) is -1.18. The molecular formula is C18H15F2N. The van der Waals surface area contributed by atoms with Gasteiger partial charge in [-0.3, -0.25) is 0 Å². The second-order valence-electron chi connectivity index (χ2n) is 5.48. The first kappa shape index (κ1) is 13.7. The van der Waals surface area contributed by atoms with Crippen LogP contribution in [0.5, 0.6) is 0 Å². The summed E-state index contributed by atoms with van der Waals surface area (Å²) in [4.78, 5) is 4.47. The summed E-state index contributed by atoms with van der Waals surface area (Å²) in [6, 6.07) is 10.0. The summed E-state index contributed by atoms with van der Waals surface area (Å²) in [5.41, 5.74) is 5.22. The summed E-state index contributed by atoms with van der Waals surface area (Å²) in [6.45, 7) is 5.93. The van der Waals surface area contributed by atoms with Crippen molar-refractivity contribution in [2.45, 2.75) is 20.8 Å². The van der Waals surface area contributed by atoms with Gasteiger partial charge in [0.1, 0.15) is 11.6 Å². The van der Waals surface area contributed by atoms with E-state index >= 15 is 0 Å². The van der Waals surface area contributed by atoms with Gasteiger partial charge in [-0.25, -0.2) is 13.8 Å². The Labute approximate surface area is 122 Å². The van der Waals surface area contributed by atoms with Crippen LogP contribution in [0.2, 0.25) is 0 Å². The first-order chi connectivity index (χ1) is 9.94. The van der Waals surface area contributed by atoms with E-state index in [0.29, 0.717) is 10.9 Å². The Kier molecular flexibility index (Phi) is 3.20. The van der Waals surface area contributed by atoms with Crippen LogP contribution in [0.15, 0.2) is 36.4 Å². The molecular weight excluding hydrogens is 268 g/mol. The monoisotopic (exact) mass is 283 g/mol. The van der Waals surface area contributed by atoms with Gasteiger partial charge in [0.15, 0.2) is 0 Å². The van der Waals surface area contributed by atoms with Crippen molar-refractivity contribution >= 4 is 10.9 Å². The fourth-order valence-corrected chi connectivity index (χ4v) is 2.70. The number of halogens is 2. The van der Waals surface area contributed by atoms with E-state index < -0.39 is 11.6 Å². The molecule has 0 aliphatic heterocycles. The fraction of sp³-hybridized carbons (Fsp3) is 0.167. The largest absolute Gasteiger partial charge is 0.247 e. The Balaban J connectivity index is 2.30. The highest BCUT2D eigenvalue weighted by atomic mass is 19.1. The lowest BCUT2D eigenvalue weighted by Crippen LogP contribution is -1.94. The van der Waals surface area contributed by atoms with Gasteiger partial charge < -0.3 is 0 Å². The van der Waals surface area contributed by atoms with Gasteiger partial charge in [-0.15, -0.1) is 0 Å². The van der Waals surface area contributed by atoms with Crippen LogP contribution in [0.4, 0.5) is 8.78 Å². The molecule has 1 nitrogen and oxygen atoms in total. The zero-order chi connectivity index (χ0) is 15.1. The van der Waals surface area contributed by atoms with Gasteiger partial charge >= 0.3 is 0 Å². The molecule has 0 bridgehead atoms. The van der Waals surface area contributed by atoms with Crippen LogP contribution in [-0.4, -0.2) is 4.98 Å². The van der Waals surface area contributed by atoms with Crippen LogP contribution in [-0.2, 0) is 0 Å². The highest BCUT2D eigenvalue weighted by Gasteiger charge is 2.11. The molecule has 21 heavy (non-hydrogen) atoms. The van der Waals surface area contributed by atoms with E-state index in [0.717, 1.165) is 34.0 Å². The second kappa shape index (κ2) is 4.92. The smallest absolute Gasteiger partial charge is 0.135 e. The topological polar surface area (TPSA) is 12.9 Å². The van der Waals surface area contributed by atoms with Gasteiger partial charge in [-0.1, -0.05) is 17.2 Å². The molecule has 3 heteroatoms. The molecule has 106 valence electrons. The van der Waals surface area contributed by atoms with Crippen molar-refractivity contribution in [1.29, 1.82) is 0 Å². The third-order valence-corrected chi connectivity index (χ3v) is 3.53. The summed E-state index contributed by atoms with van der Waals surface area (Å²) in [7, 11) is 0. The summed E-state index contributed by atoms with van der Waals surface area (Å²) in [6.07, 6.45) is 0. The lowest BCUT2D eigenvalue weighted by atomic mass is 10.0. The summed E-state index contributed by atoms with van der Waals surface area (Å²) in [5, 5.41) is 0.349. The van der Waals surface area contributed by atoms with Crippen LogP contribution in [0.1, 0.15) is 16.7 Å². The Morgan fingerprint density at radius 3 is 2.14 bits per heavy atom. The van der Waals surface area contributed by atoms with Gasteiger partial charge in [0.25, 0.3) is 0 Å². The number of benzene rings is 2. The molecule has 2 aromatic carbocycles. The van der Waals surface area contributed by atoms with Crippen LogP contribution >= 0.6 is 0 Å². The molecule has 0 saturated heterocycles. The number of nitrogens with zero attached hydrogens (tertiary/aromatic N) is 1. The van der Waals surface area contributed by atoms with Crippen molar-refractivity contribution < 1.29 is 8.78 Å². The first-order valence-electron chi connectivity index (χ1n) is 6.79. The van der Waals surface area contributed by atoms with Crippen molar-refractivity contribution in [3.05, 3.63) is 64.7 Å². The minimum absolute atomic E-state index is 0.340. The van der Waals surface area contributed by atoms with E-state index in [1.54, 1.807) is 6.07 Å². The van der Waals surface area contributed by atoms with Crippen LogP contribution < -0.4 is 0 Å². The number of hydrogen-bond acceptors (Lipinski definition) is 1. The van der Waals surface area contributed by atoms with Crippen molar-refractivity contribution in [1.82, 2.24) is 4.98 Å². The molecule has 0 aliphatic rings. The number of pyridine rings is 1. The van der Waals surface area contributed by atoms with E-state index in [9.17, 15) is 8.78 Å². The standard InChI is InChI=1S/C18H15F2N/c1-10-4-11(2)6-13(5-10)18-12(3)7-15-16(20)8-14(19)9-17(15)21-18/h4-9H,1-3H3. The lowest BCUT2D eigenvalue weighted by Gasteiger charge is -2.10. The molecule has 1 aromatic heterocycles. The third-order valence-electron chi connectivity index (χ3n) is 3.53. The molecule has 0 radical (unpaired) electrons. The minimum atomic E-state index is -0.609. The maximum atomic E-state index is 13.8. The Bertz CT molecular complexity index is 833. The Morgan fingerprint density at radius 2 is 1.48 bits per heavy atom. The average molecular weight is 283 g/mol. The number of rotatable bonds is 1. The predicted octanol–water partition coefficient (Wildman–Crippen LogP) is 5.11. The zero-order valence-corrected chi connectivity index (χ0v) is 12.2. The average Bonchev–Trinajstić information content (AvgIpc) is 2.38. The highest BCUT2D eigenvalue weighted by molar-refractivity contribution is 5.84. The zero-order valence-electron chi connectivity index (χ0n) is 12.2. The molecule has 3 aromatic rings. The Morgan fingerprint density at radius 1 is 0.810 bits per heavy atom. The SMILES string of the molecule is Cc1cc(C)cc(-c2nc3cc(F)cc(F)c3cc2C)c1. The summed E-state index contributed by atoms with van der Waals surface area (Å²) < 4.78 is 27.2. The van der Waals surface area contributed by atoms with E-state index in [1.165, 1.54) is 6.07 Å². The second-order valence-corrected chi connectivity index (χ2v) is 5.48. The van der Waals surface area contributed by atoms with E-state index in [1.807, 2.05) is 32.9 Å². The molecule has 0 unspecified atom stereocenters. The van der Waals surface area contributed by atoms with Gasteiger partial charge in [-0.05, 0) is 44.5 Å². The molecule has 0 N–H and O–H groups in total. The molecule has 0 amide bonds. The normalized spacial score (nSPS) is 11.1. The van der Waals surface area contributed by atoms with Gasteiger partial charge in [0.2, 0.25) is 0 Å². The van der Waals surface area contributed by atoms with Crippen LogP contribution in [0.3, 0.4) is 0 Å². The van der Waals surface area contributed by atoms with Crippen LogP contribution in [0, 0.1) is 32.4 Å². The quantitative estimate of drug-likeness (QED) is 0.605. The van der Waals surface area contributed by atoms with Crippen molar-refractivity contribution in [3.8, 4) is 11.3 Å². The lowest BCUT2D eigenvalue weighted by molar-refractivity contribution is 0.591. The number of fused-ring (bicyclic) bond motifs is 1. The van der Waals surface area contributed by atoms with Crippen LogP contribution in [0.25, 0.3) is 22.2 Å². The first-order valence-corrected chi connectivity index (χ1v) is 6.79. The minimum Gasteiger partial charge on any atom is -0.247 e. The van der Waals surface area contributed by atoms with Gasteiger partial charge in [0, 0.05) is 23.1 Å². The molecule has 0 spiro atoms. The van der Waals surface area contributed by atoms with Crippen molar-refractivity contribution in [3.63, 3.8) is 0 Å². The van der Waals surface area contributed by atoms with E-state index in [2.05, 4.69) is 11.1 Å². The van der Waals surface area contributed by atoms with Crippen molar-refractivity contribution in [2.24, 2.45) is 0 Å². The number of aromatic nitrogens is 1. The molecule has 3 rings (SSSR count). The highest BCUT2D eigenvalue weighted by Crippen LogP contribution is 2.28. The predicted molar refractivity (Wildman–Crippen MR) is 81.3 cm³/mol. The Hall–Kier alpha value is -2.29. The molecule has 0 fully saturated rings. The number of hydrogen-bond donors (Lipinski definition) is 0. The molecule has 0 atom stereocenters. The maximum absolute atomic E-state index is 13.8. The molecule has 1 heterocycles. The molecule has 0 aliphatic carbocycles. The van der Waals surface area contributed by atoms with Gasteiger partial charge in [-0.2, -0.15) is 0 Å². The third kappa shape index (κ3) is 2.51. The summed E-state index contributed by atoms with van der Waals surface area (Å²) >= 11 is 0. The maximum Gasteiger partial charge on any atom is 0.135 e. The van der Waals surface area contributed by atoms with E-state index in [-0.39, 0.29) is 0 Å². The van der Waals surface area contributed by atoms with E-state index in [4.69, 9.17) is 0 Å². The fourth-order valence-electron chi connectivity index (χ4n) is 2.70. The molecule has 0 saturated carbocycles. The number of aryl methyl sites for hydroxylation is 3. The van der Waals surface area contributed by atoms with Crippen molar-refractivity contribution in [2.75, 3.05) is 0 Å². The van der Waals surface area contributed by atoms with Gasteiger partial charge in [0.05, 0.1) is 11.2 Å².